The standard InChI is InChI=1S/C29H39N5O3S/c1-29(2,31-21-28(35)25-9-6-16-30-20-25)19-23-10-12-26(13-11-23)32-38(36,37)33-27-14-17-34(18-15-27)22-24-7-4-3-5-8-24/h3-13,16,20,27-28,31-33,35H,14-15,17-19,21-22H2,1-2H3/t28-/m0/s1. The summed E-state index contributed by atoms with van der Waals surface area (Å²) in [7, 11) is -3.67. The van der Waals surface area contributed by atoms with Crippen LogP contribution in [0.25, 0.3) is 0 Å². The minimum absolute atomic E-state index is 0.0762. The molecule has 8 nitrogen and oxygen atoms in total. The van der Waals surface area contributed by atoms with Gasteiger partial charge in [0.1, 0.15) is 0 Å². The lowest BCUT2D eigenvalue weighted by molar-refractivity contribution is 0.160. The van der Waals surface area contributed by atoms with Crippen LogP contribution in [0.1, 0.15) is 49.5 Å². The molecule has 0 amide bonds. The van der Waals surface area contributed by atoms with E-state index in [0.29, 0.717) is 12.2 Å². The Labute approximate surface area is 226 Å². The largest absolute Gasteiger partial charge is 0.387 e. The van der Waals surface area contributed by atoms with Crippen LogP contribution in [0.5, 0.6) is 0 Å². The van der Waals surface area contributed by atoms with Gasteiger partial charge < -0.3 is 10.4 Å². The molecule has 0 bridgehead atoms. The highest BCUT2D eigenvalue weighted by molar-refractivity contribution is 7.90. The van der Waals surface area contributed by atoms with E-state index in [4.69, 9.17) is 0 Å². The lowest BCUT2D eigenvalue weighted by Gasteiger charge is -2.32. The molecule has 0 saturated carbocycles. The van der Waals surface area contributed by atoms with Gasteiger partial charge in [0.25, 0.3) is 10.2 Å². The molecule has 4 N–H and O–H groups in total. The van der Waals surface area contributed by atoms with Crippen LogP contribution in [-0.2, 0) is 23.2 Å². The van der Waals surface area contributed by atoms with Crippen LogP contribution >= 0.6 is 0 Å². The zero-order valence-corrected chi connectivity index (χ0v) is 23.0. The third-order valence-corrected chi connectivity index (χ3v) is 8.00. The smallest absolute Gasteiger partial charge is 0.299 e. The Morgan fingerprint density at radius 1 is 1.00 bits per heavy atom. The lowest BCUT2D eigenvalue weighted by atomic mass is 9.94. The zero-order valence-electron chi connectivity index (χ0n) is 22.2. The van der Waals surface area contributed by atoms with E-state index in [2.05, 4.69) is 50.6 Å². The first-order valence-electron chi connectivity index (χ1n) is 13.2. The number of anilines is 1. The van der Waals surface area contributed by atoms with Crippen molar-refractivity contribution in [3.05, 3.63) is 95.8 Å². The SMILES string of the molecule is CC(C)(Cc1ccc(NS(=O)(=O)NC2CCN(Cc3ccccc3)CC2)cc1)NC[C@H](O)c1cccnc1. The van der Waals surface area contributed by atoms with E-state index >= 15 is 0 Å². The third-order valence-electron chi connectivity index (χ3n) is 6.85. The number of benzene rings is 2. The molecule has 0 unspecified atom stereocenters. The number of pyridine rings is 1. The molecule has 1 aromatic heterocycles. The lowest BCUT2D eigenvalue weighted by Crippen LogP contribution is -2.46. The summed E-state index contributed by atoms with van der Waals surface area (Å²) in [4.78, 5) is 6.42. The fraction of sp³-hybridized carbons (Fsp3) is 0.414. The molecule has 1 aliphatic rings. The molecule has 0 spiro atoms. The number of likely N-dealkylation sites (tertiary alicyclic amines) is 1. The summed E-state index contributed by atoms with van der Waals surface area (Å²) in [6, 6.07) is 21.4. The minimum Gasteiger partial charge on any atom is -0.387 e. The van der Waals surface area contributed by atoms with Gasteiger partial charge in [-0.15, -0.1) is 0 Å². The van der Waals surface area contributed by atoms with Crippen LogP contribution in [-0.4, -0.2) is 54.6 Å². The summed E-state index contributed by atoms with van der Waals surface area (Å²) in [5.74, 6) is 0. The van der Waals surface area contributed by atoms with Crippen LogP contribution < -0.4 is 14.8 Å². The number of piperidine rings is 1. The Bertz CT molecular complexity index is 1230. The first-order chi connectivity index (χ1) is 18.2. The van der Waals surface area contributed by atoms with E-state index in [0.717, 1.165) is 50.0 Å². The van der Waals surface area contributed by atoms with Gasteiger partial charge in [-0.2, -0.15) is 13.1 Å². The van der Waals surface area contributed by atoms with E-state index in [1.54, 1.807) is 24.5 Å². The molecular formula is C29H39N5O3S. The topological polar surface area (TPSA) is 107 Å². The molecule has 0 radical (unpaired) electrons. The van der Waals surface area contributed by atoms with E-state index in [-0.39, 0.29) is 11.6 Å². The molecule has 2 heterocycles. The molecule has 204 valence electrons. The van der Waals surface area contributed by atoms with Gasteiger partial charge in [0.2, 0.25) is 0 Å². The van der Waals surface area contributed by atoms with Crippen molar-refractivity contribution in [1.29, 1.82) is 0 Å². The van der Waals surface area contributed by atoms with Crippen LogP contribution in [0.3, 0.4) is 0 Å². The van der Waals surface area contributed by atoms with Crippen molar-refractivity contribution < 1.29 is 13.5 Å². The molecule has 38 heavy (non-hydrogen) atoms. The zero-order chi connectivity index (χ0) is 27.0. The number of hydrogen-bond acceptors (Lipinski definition) is 6. The van der Waals surface area contributed by atoms with E-state index < -0.39 is 16.3 Å². The quantitative estimate of drug-likeness (QED) is 0.281. The van der Waals surface area contributed by atoms with Gasteiger partial charge in [0.15, 0.2) is 0 Å². The molecule has 4 rings (SSSR count). The predicted molar refractivity (Wildman–Crippen MR) is 152 cm³/mol. The first kappa shape index (κ1) is 28.2. The molecule has 9 heteroatoms. The Kier molecular flexibility index (Phi) is 9.51. The average molecular weight is 538 g/mol. The van der Waals surface area contributed by atoms with Crippen molar-refractivity contribution in [2.75, 3.05) is 24.4 Å². The number of nitrogens with zero attached hydrogens (tertiary/aromatic N) is 2. The van der Waals surface area contributed by atoms with Gasteiger partial charge in [-0.25, -0.2) is 0 Å². The molecular weight excluding hydrogens is 498 g/mol. The molecule has 1 fully saturated rings. The number of nitrogens with one attached hydrogen (secondary N) is 3. The summed E-state index contributed by atoms with van der Waals surface area (Å²) in [6.07, 6.45) is 5.00. The number of rotatable bonds is 12. The Hall–Kier alpha value is -2.82. The molecule has 0 aliphatic carbocycles. The Morgan fingerprint density at radius 2 is 1.71 bits per heavy atom. The Morgan fingerprint density at radius 3 is 2.37 bits per heavy atom. The number of aromatic nitrogens is 1. The number of hydrogen-bond donors (Lipinski definition) is 4. The van der Waals surface area contributed by atoms with Crippen molar-refractivity contribution in [3.8, 4) is 0 Å². The Balaban J connectivity index is 1.22. The van der Waals surface area contributed by atoms with Crippen LogP contribution in [0.2, 0.25) is 0 Å². The normalized spacial score (nSPS) is 16.3. The summed E-state index contributed by atoms with van der Waals surface area (Å²) >= 11 is 0. The number of aliphatic hydroxyl groups is 1. The fourth-order valence-corrected chi connectivity index (χ4v) is 5.96. The highest BCUT2D eigenvalue weighted by Gasteiger charge is 2.24. The maximum atomic E-state index is 12.7. The second-order valence-electron chi connectivity index (χ2n) is 10.7. The average Bonchev–Trinajstić information content (AvgIpc) is 2.90. The maximum Gasteiger partial charge on any atom is 0.299 e. The van der Waals surface area contributed by atoms with Gasteiger partial charge in [0, 0.05) is 61.4 Å². The van der Waals surface area contributed by atoms with Crippen molar-refractivity contribution >= 4 is 15.9 Å². The second kappa shape index (κ2) is 12.8. The molecule has 1 aliphatic heterocycles. The van der Waals surface area contributed by atoms with Crippen molar-refractivity contribution in [2.24, 2.45) is 0 Å². The van der Waals surface area contributed by atoms with Crippen LogP contribution in [0.15, 0.2) is 79.1 Å². The predicted octanol–water partition coefficient (Wildman–Crippen LogP) is 3.64. The summed E-state index contributed by atoms with van der Waals surface area (Å²) in [5, 5.41) is 13.8. The monoisotopic (exact) mass is 537 g/mol. The van der Waals surface area contributed by atoms with Crippen molar-refractivity contribution in [2.45, 2.75) is 57.3 Å². The highest BCUT2D eigenvalue weighted by Crippen LogP contribution is 2.19. The first-order valence-corrected chi connectivity index (χ1v) is 14.6. The van der Waals surface area contributed by atoms with E-state index in [9.17, 15) is 13.5 Å². The number of β-amino-alcohol motifs (C(OH)–C–C–N with tert-alkyl or cyclic N) is 1. The van der Waals surface area contributed by atoms with Gasteiger partial charge in [-0.3, -0.25) is 14.6 Å². The third kappa shape index (κ3) is 8.89. The number of aliphatic hydroxyl groups excluding tert-OH is 1. The van der Waals surface area contributed by atoms with E-state index in [1.807, 2.05) is 42.5 Å². The van der Waals surface area contributed by atoms with Gasteiger partial charge in [-0.05, 0) is 62.4 Å². The summed E-state index contributed by atoms with van der Waals surface area (Å²) in [6.45, 7) is 7.18. The summed E-state index contributed by atoms with van der Waals surface area (Å²) in [5.41, 5.74) is 3.39. The molecule has 1 saturated heterocycles. The van der Waals surface area contributed by atoms with Crippen LogP contribution in [0, 0.1) is 0 Å². The van der Waals surface area contributed by atoms with Gasteiger partial charge >= 0.3 is 0 Å². The van der Waals surface area contributed by atoms with Gasteiger partial charge in [-0.1, -0.05) is 48.5 Å². The molecule has 2 aromatic carbocycles. The van der Waals surface area contributed by atoms with E-state index in [1.165, 1.54) is 5.56 Å². The maximum absolute atomic E-state index is 12.7. The van der Waals surface area contributed by atoms with Crippen LogP contribution in [0.4, 0.5) is 5.69 Å². The van der Waals surface area contributed by atoms with Gasteiger partial charge in [0.05, 0.1) is 6.10 Å². The van der Waals surface area contributed by atoms with Crippen molar-refractivity contribution in [1.82, 2.24) is 19.9 Å². The fourth-order valence-electron chi connectivity index (χ4n) is 4.78. The molecule has 1 atom stereocenters. The highest BCUT2D eigenvalue weighted by atomic mass is 32.2. The molecule has 3 aromatic rings. The minimum atomic E-state index is -3.67. The second-order valence-corrected chi connectivity index (χ2v) is 12.1. The summed E-state index contributed by atoms with van der Waals surface area (Å²) < 4.78 is 31.0. The van der Waals surface area contributed by atoms with Crippen molar-refractivity contribution in [3.63, 3.8) is 0 Å².